The minimum atomic E-state index is -0.189. The third-order valence-electron chi connectivity index (χ3n) is 2.72. The lowest BCUT2D eigenvalue weighted by molar-refractivity contribution is 0.596. The molecule has 0 spiro atoms. The molecule has 1 atom stereocenters. The van der Waals surface area contributed by atoms with E-state index in [0.29, 0.717) is 4.90 Å². The van der Waals surface area contributed by atoms with Gasteiger partial charge in [0.15, 0.2) is 0 Å². The first-order chi connectivity index (χ1) is 8.66. The normalized spacial score (nSPS) is 12.4. The average Bonchev–Trinajstić information content (AvgIpc) is 2.38. The summed E-state index contributed by atoms with van der Waals surface area (Å²) >= 11 is 1.50. The predicted octanol–water partition coefficient (Wildman–Crippen LogP) is 4.14. The highest BCUT2D eigenvalue weighted by Gasteiger charge is 2.06. The zero-order valence-electron chi connectivity index (χ0n) is 10.3. The molecule has 2 N–H and O–H groups in total. The minimum absolute atomic E-state index is 0.132. The van der Waals surface area contributed by atoms with E-state index in [1.54, 1.807) is 0 Å². The van der Waals surface area contributed by atoms with Gasteiger partial charge in [0.25, 0.3) is 0 Å². The molecule has 0 aliphatic rings. The van der Waals surface area contributed by atoms with E-state index >= 15 is 0 Å². The lowest BCUT2D eigenvalue weighted by Crippen LogP contribution is -2.05. The van der Waals surface area contributed by atoms with E-state index in [1.165, 1.54) is 23.4 Å². The maximum Gasteiger partial charge on any atom is 0.137 e. The molecular weight excluding hydrogens is 245 g/mol. The topological polar surface area (TPSA) is 26.0 Å². The summed E-state index contributed by atoms with van der Waals surface area (Å²) in [6, 6.07) is 15.1. The third-order valence-corrected chi connectivity index (χ3v) is 3.84. The van der Waals surface area contributed by atoms with Crippen LogP contribution in [0.2, 0.25) is 0 Å². The lowest BCUT2D eigenvalue weighted by atomic mass is 10.1. The monoisotopic (exact) mass is 261 g/mol. The summed E-state index contributed by atoms with van der Waals surface area (Å²) in [4.78, 5) is 0.670. The molecule has 1 nitrogen and oxygen atoms in total. The van der Waals surface area contributed by atoms with Crippen LogP contribution in [0.5, 0.6) is 0 Å². The number of halogens is 1. The summed E-state index contributed by atoms with van der Waals surface area (Å²) < 4.78 is 13.8. The number of benzene rings is 2. The first kappa shape index (κ1) is 13.1. The fourth-order valence-electron chi connectivity index (χ4n) is 1.65. The highest BCUT2D eigenvalue weighted by atomic mass is 32.2. The molecule has 0 aromatic heterocycles. The maximum absolute atomic E-state index is 13.8. The molecule has 0 aliphatic carbocycles. The van der Waals surface area contributed by atoms with Crippen LogP contribution in [-0.4, -0.2) is 0 Å². The van der Waals surface area contributed by atoms with Crippen molar-refractivity contribution in [2.45, 2.75) is 23.6 Å². The zero-order chi connectivity index (χ0) is 13.0. The van der Waals surface area contributed by atoms with Gasteiger partial charge in [-0.3, -0.25) is 0 Å². The molecule has 3 heteroatoms. The Bertz CT molecular complexity index is 511. The molecule has 94 valence electrons. The van der Waals surface area contributed by atoms with Crippen LogP contribution in [0.4, 0.5) is 4.39 Å². The number of hydrogen-bond donors (Lipinski definition) is 1. The van der Waals surface area contributed by atoms with Gasteiger partial charge >= 0.3 is 0 Å². The van der Waals surface area contributed by atoms with Crippen molar-refractivity contribution in [3.8, 4) is 0 Å². The van der Waals surface area contributed by atoms with Gasteiger partial charge in [-0.05, 0) is 30.2 Å². The van der Waals surface area contributed by atoms with Gasteiger partial charge in [0, 0.05) is 16.7 Å². The number of rotatable bonds is 4. The van der Waals surface area contributed by atoms with Gasteiger partial charge in [0.2, 0.25) is 0 Å². The molecule has 0 fully saturated rings. The third kappa shape index (κ3) is 3.34. The van der Waals surface area contributed by atoms with E-state index in [4.69, 9.17) is 5.73 Å². The van der Waals surface area contributed by atoms with E-state index in [0.717, 1.165) is 11.3 Å². The predicted molar refractivity (Wildman–Crippen MR) is 75.0 cm³/mol. The van der Waals surface area contributed by atoms with Gasteiger partial charge in [-0.15, -0.1) is 11.8 Å². The Labute approximate surface area is 111 Å². The fourth-order valence-corrected chi connectivity index (χ4v) is 2.53. The molecule has 0 unspecified atom stereocenters. The van der Waals surface area contributed by atoms with Crippen molar-refractivity contribution in [2.24, 2.45) is 5.73 Å². The highest BCUT2D eigenvalue weighted by molar-refractivity contribution is 7.98. The van der Waals surface area contributed by atoms with E-state index in [2.05, 4.69) is 0 Å². The maximum atomic E-state index is 13.8. The smallest absolute Gasteiger partial charge is 0.137 e. The Kier molecular flexibility index (Phi) is 4.39. The summed E-state index contributed by atoms with van der Waals surface area (Å²) in [5.74, 6) is 0.584. The molecular formula is C15H16FNS. The Balaban J connectivity index is 2.06. The van der Waals surface area contributed by atoms with Crippen LogP contribution in [0.3, 0.4) is 0 Å². The molecule has 0 amide bonds. The summed E-state index contributed by atoms with van der Waals surface area (Å²) in [7, 11) is 0. The van der Waals surface area contributed by atoms with Crippen LogP contribution in [0.25, 0.3) is 0 Å². The highest BCUT2D eigenvalue weighted by Crippen LogP contribution is 2.27. The molecule has 18 heavy (non-hydrogen) atoms. The first-order valence-corrected chi connectivity index (χ1v) is 6.87. The summed E-state index contributed by atoms with van der Waals surface area (Å²) in [6.07, 6.45) is 0. The Morgan fingerprint density at radius 3 is 2.50 bits per heavy atom. The number of nitrogens with two attached hydrogens (primary N) is 1. The summed E-state index contributed by atoms with van der Waals surface area (Å²) in [5.41, 5.74) is 7.75. The van der Waals surface area contributed by atoms with Gasteiger partial charge < -0.3 is 5.73 Å². The fraction of sp³-hybridized carbons (Fsp3) is 0.200. The van der Waals surface area contributed by atoms with Crippen molar-refractivity contribution in [3.63, 3.8) is 0 Å². The molecule has 0 saturated heterocycles. The van der Waals surface area contributed by atoms with Gasteiger partial charge in [-0.25, -0.2) is 4.39 Å². The average molecular weight is 261 g/mol. The van der Waals surface area contributed by atoms with Crippen LogP contribution in [0, 0.1) is 5.82 Å². The molecule has 0 heterocycles. The van der Waals surface area contributed by atoms with Gasteiger partial charge in [-0.2, -0.15) is 0 Å². The number of thioether (sulfide) groups is 1. The molecule has 2 rings (SSSR count). The second kappa shape index (κ2) is 6.03. The Morgan fingerprint density at radius 1 is 1.17 bits per heavy atom. The minimum Gasteiger partial charge on any atom is -0.324 e. The van der Waals surface area contributed by atoms with Crippen molar-refractivity contribution in [1.29, 1.82) is 0 Å². The lowest BCUT2D eigenvalue weighted by Gasteiger charge is -2.08. The van der Waals surface area contributed by atoms with E-state index in [9.17, 15) is 4.39 Å². The Morgan fingerprint density at radius 2 is 1.89 bits per heavy atom. The van der Waals surface area contributed by atoms with Crippen molar-refractivity contribution in [1.82, 2.24) is 0 Å². The summed E-state index contributed by atoms with van der Waals surface area (Å²) in [6.45, 7) is 1.85. The van der Waals surface area contributed by atoms with Gasteiger partial charge in [0.1, 0.15) is 5.82 Å². The van der Waals surface area contributed by atoms with Crippen molar-refractivity contribution in [2.75, 3.05) is 0 Å². The second-order valence-electron chi connectivity index (χ2n) is 4.25. The van der Waals surface area contributed by atoms with Crippen molar-refractivity contribution in [3.05, 3.63) is 65.5 Å². The molecule has 0 aliphatic heterocycles. The van der Waals surface area contributed by atoms with Crippen LogP contribution in [-0.2, 0) is 5.75 Å². The van der Waals surface area contributed by atoms with Crippen molar-refractivity contribution >= 4 is 11.8 Å². The van der Waals surface area contributed by atoms with Gasteiger partial charge in [0.05, 0.1) is 0 Å². The SMILES string of the molecule is C[C@H](N)c1ccc(SCc2ccccc2)c(F)c1. The Hall–Kier alpha value is -1.32. The largest absolute Gasteiger partial charge is 0.324 e. The summed E-state index contributed by atoms with van der Waals surface area (Å²) in [5, 5.41) is 0. The molecule has 2 aromatic rings. The standard InChI is InChI=1S/C15H16FNS/c1-11(17)13-7-8-15(14(16)9-13)18-10-12-5-3-2-4-6-12/h2-9,11H,10,17H2,1H3/t11-/m0/s1. The molecule has 0 radical (unpaired) electrons. The van der Waals surface area contributed by atoms with Crippen LogP contribution in [0.15, 0.2) is 53.4 Å². The quantitative estimate of drug-likeness (QED) is 0.837. The number of hydrogen-bond acceptors (Lipinski definition) is 2. The van der Waals surface area contributed by atoms with E-state index < -0.39 is 0 Å². The first-order valence-electron chi connectivity index (χ1n) is 5.88. The van der Waals surface area contributed by atoms with Gasteiger partial charge in [-0.1, -0.05) is 36.4 Å². The van der Waals surface area contributed by atoms with Crippen molar-refractivity contribution < 1.29 is 4.39 Å². The van der Waals surface area contributed by atoms with Crippen LogP contribution >= 0.6 is 11.8 Å². The second-order valence-corrected chi connectivity index (χ2v) is 5.27. The van der Waals surface area contributed by atoms with Crippen LogP contribution < -0.4 is 5.73 Å². The van der Waals surface area contributed by atoms with E-state index in [-0.39, 0.29) is 11.9 Å². The molecule has 0 saturated carbocycles. The van der Waals surface area contributed by atoms with E-state index in [1.807, 2.05) is 49.4 Å². The molecule has 2 aromatic carbocycles. The molecule has 0 bridgehead atoms. The van der Waals surface area contributed by atoms with Crippen LogP contribution in [0.1, 0.15) is 24.1 Å². The zero-order valence-corrected chi connectivity index (χ0v) is 11.1.